The summed E-state index contributed by atoms with van der Waals surface area (Å²) in [6, 6.07) is 8.91. The second kappa shape index (κ2) is 5.24. The van der Waals surface area contributed by atoms with Crippen LogP contribution in [0.2, 0.25) is 0 Å². The fourth-order valence-corrected chi connectivity index (χ4v) is 2.58. The van der Waals surface area contributed by atoms with E-state index in [9.17, 15) is 4.79 Å². The van der Waals surface area contributed by atoms with E-state index < -0.39 is 0 Å². The maximum atomic E-state index is 11.3. The molecule has 94 valence electrons. The molecule has 2 aromatic rings. The molecule has 0 aliphatic heterocycles. The molecule has 0 fully saturated rings. The lowest BCUT2D eigenvalue weighted by Gasteiger charge is -2.11. The van der Waals surface area contributed by atoms with Crippen LogP contribution in [-0.2, 0) is 0 Å². The van der Waals surface area contributed by atoms with Crippen molar-refractivity contribution < 1.29 is 0 Å². The normalized spacial score (nSPS) is 12.3. The van der Waals surface area contributed by atoms with Gasteiger partial charge in [0.05, 0.1) is 0 Å². The Hall–Kier alpha value is -1.79. The van der Waals surface area contributed by atoms with Gasteiger partial charge in [0, 0.05) is 17.0 Å². The lowest BCUT2D eigenvalue weighted by molar-refractivity contribution is 0.796. The highest BCUT2D eigenvalue weighted by atomic mass is 32.2. The van der Waals surface area contributed by atoms with E-state index in [1.54, 1.807) is 0 Å². The van der Waals surface area contributed by atoms with E-state index in [0.717, 1.165) is 10.5 Å². The second-order valence-electron chi connectivity index (χ2n) is 3.90. The molecule has 18 heavy (non-hydrogen) atoms. The minimum Gasteiger partial charge on any atom is -0.383 e. The summed E-state index contributed by atoms with van der Waals surface area (Å²) >= 11 is 1.34. The number of anilines is 1. The van der Waals surface area contributed by atoms with Crippen molar-refractivity contribution in [2.45, 2.75) is 23.0 Å². The Labute approximate surface area is 109 Å². The quantitative estimate of drug-likeness (QED) is 0.729. The van der Waals surface area contributed by atoms with Gasteiger partial charge in [-0.05, 0) is 18.6 Å². The van der Waals surface area contributed by atoms with Crippen LogP contribution < -0.4 is 17.0 Å². The molecule has 1 aromatic carbocycles. The van der Waals surface area contributed by atoms with Gasteiger partial charge in [-0.3, -0.25) is 4.79 Å². The van der Waals surface area contributed by atoms with Crippen LogP contribution in [0.1, 0.15) is 18.5 Å². The van der Waals surface area contributed by atoms with E-state index in [0.29, 0.717) is 5.16 Å². The minimum absolute atomic E-state index is 0.0820. The van der Waals surface area contributed by atoms with Crippen LogP contribution in [0.15, 0.2) is 45.2 Å². The average Bonchev–Trinajstić information content (AvgIpc) is 2.27. The van der Waals surface area contributed by atoms with Gasteiger partial charge in [-0.15, -0.1) is 0 Å². The second-order valence-corrected chi connectivity index (χ2v) is 4.93. The van der Waals surface area contributed by atoms with Crippen molar-refractivity contribution in [3.8, 4) is 0 Å². The molecule has 0 aliphatic rings. The monoisotopic (exact) mass is 262 g/mol. The van der Waals surface area contributed by atoms with Crippen LogP contribution in [0.4, 0.5) is 5.82 Å². The predicted octanol–water partition coefficient (Wildman–Crippen LogP) is 1.52. The Morgan fingerprint density at radius 1 is 1.39 bits per heavy atom. The van der Waals surface area contributed by atoms with Crippen LogP contribution in [0.25, 0.3) is 0 Å². The van der Waals surface area contributed by atoms with Gasteiger partial charge in [-0.25, -0.2) is 4.98 Å². The number of aromatic nitrogens is 2. The molecule has 1 heterocycles. The van der Waals surface area contributed by atoms with E-state index in [4.69, 9.17) is 11.5 Å². The Bertz CT molecular complexity index is 609. The molecular formula is C12H14N4OS. The Balaban J connectivity index is 2.37. The van der Waals surface area contributed by atoms with Crippen LogP contribution in [0.5, 0.6) is 0 Å². The zero-order valence-electron chi connectivity index (χ0n) is 9.88. The van der Waals surface area contributed by atoms with Gasteiger partial charge in [0.2, 0.25) is 0 Å². The molecule has 0 saturated carbocycles. The van der Waals surface area contributed by atoms with Crippen molar-refractivity contribution in [2.24, 2.45) is 5.73 Å². The van der Waals surface area contributed by atoms with Crippen molar-refractivity contribution in [3.05, 3.63) is 46.2 Å². The number of hydrogen-bond acceptors (Lipinski definition) is 5. The van der Waals surface area contributed by atoms with Gasteiger partial charge < -0.3 is 16.5 Å². The van der Waals surface area contributed by atoms with Crippen molar-refractivity contribution >= 4 is 17.6 Å². The SMILES string of the molecule is C[C@H](N)c1ccccc1Sc1nc(N)cc(=O)[nH]1. The van der Waals surface area contributed by atoms with Crippen molar-refractivity contribution in [1.29, 1.82) is 0 Å². The third-order valence-electron chi connectivity index (χ3n) is 2.36. The number of hydrogen-bond donors (Lipinski definition) is 3. The molecule has 5 nitrogen and oxygen atoms in total. The number of nitrogen functional groups attached to an aromatic ring is 1. The third-order valence-corrected chi connectivity index (χ3v) is 3.33. The molecule has 2 rings (SSSR count). The summed E-state index contributed by atoms with van der Waals surface area (Å²) in [7, 11) is 0. The van der Waals surface area contributed by atoms with E-state index in [1.165, 1.54) is 17.8 Å². The summed E-state index contributed by atoms with van der Waals surface area (Å²) in [6.45, 7) is 1.91. The number of aromatic amines is 1. The van der Waals surface area contributed by atoms with Gasteiger partial charge >= 0.3 is 0 Å². The summed E-state index contributed by atoms with van der Waals surface area (Å²) in [5.41, 5.74) is 12.2. The zero-order chi connectivity index (χ0) is 13.1. The largest absolute Gasteiger partial charge is 0.383 e. The first-order valence-corrected chi connectivity index (χ1v) is 6.27. The van der Waals surface area contributed by atoms with Crippen molar-refractivity contribution in [1.82, 2.24) is 9.97 Å². The number of benzene rings is 1. The smallest absolute Gasteiger partial charge is 0.253 e. The molecule has 0 radical (unpaired) electrons. The molecule has 0 bridgehead atoms. The van der Waals surface area contributed by atoms with Crippen LogP contribution in [0, 0.1) is 0 Å². The van der Waals surface area contributed by atoms with Gasteiger partial charge in [0.15, 0.2) is 5.16 Å². The molecule has 5 N–H and O–H groups in total. The first-order valence-electron chi connectivity index (χ1n) is 5.45. The molecule has 0 spiro atoms. The number of rotatable bonds is 3. The predicted molar refractivity (Wildman–Crippen MR) is 72.4 cm³/mol. The van der Waals surface area contributed by atoms with Gasteiger partial charge in [0.1, 0.15) is 5.82 Å². The lowest BCUT2D eigenvalue weighted by atomic mass is 10.1. The minimum atomic E-state index is -0.261. The number of nitrogens with zero attached hydrogens (tertiary/aromatic N) is 1. The number of H-pyrrole nitrogens is 1. The Morgan fingerprint density at radius 3 is 2.78 bits per heavy atom. The van der Waals surface area contributed by atoms with Gasteiger partial charge in [-0.2, -0.15) is 0 Å². The van der Waals surface area contributed by atoms with Crippen molar-refractivity contribution in [3.63, 3.8) is 0 Å². The van der Waals surface area contributed by atoms with E-state index in [-0.39, 0.29) is 17.4 Å². The highest BCUT2D eigenvalue weighted by Crippen LogP contribution is 2.30. The summed E-state index contributed by atoms with van der Waals surface area (Å²) in [5, 5.41) is 0.466. The highest BCUT2D eigenvalue weighted by Gasteiger charge is 2.09. The van der Waals surface area contributed by atoms with Crippen molar-refractivity contribution in [2.75, 3.05) is 5.73 Å². The lowest BCUT2D eigenvalue weighted by Crippen LogP contribution is -2.10. The molecule has 0 unspecified atom stereocenters. The summed E-state index contributed by atoms with van der Waals surface area (Å²) in [5.74, 6) is 0.208. The maximum absolute atomic E-state index is 11.3. The third kappa shape index (κ3) is 2.91. The highest BCUT2D eigenvalue weighted by molar-refractivity contribution is 7.99. The summed E-state index contributed by atoms with van der Waals surface area (Å²) < 4.78 is 0. The Morgan fingerprint density at radius 2 is 2.11 bits per heavy atom. The number of nitrogens with two attached hydrogens (primary N) is 2. The van der Waals surface area contributed by atoms with Crippen LogP contribution in [0.3, 0.4) is 0 Å². The molecule has 1 aromatic heterocycles. The standard InChI is InChI=1S/C12H14N4OS/c1-7(13)8-4-2-3-5-9(8)18-12-15-10(14)6-11(17)16-12/h2-7H,13H2,1H3,(H3,14,15,16,17)/t7-/m0/s1. The Kier molecular flexibility index (Phi) is 3.69. The van der Waals surface area contributed by atoms with Crippen LogP contribution in [-0.4, -0.2) is 9.97 Å². The zero-order valence-corrected chi connectivity index (χ0v) is 10.7. The fraction of sp³-hybridized carbons (Fsp3) is 0.167. The molecule has 1 atom stereocenters. The van der Waals surface area contributed by atoms with Gasteiger partial charge in [0.25, 0.3) is 5.56 Å². The topological polar surface area (TPSA) is 97.8 Å². The molecule has 0 amide bonds. The van der Waals surface area contributed by atoms with E-state index in [1.807, 2.05) is 31.2 Å². The molecule has 0 aliphatic carbocycles. The maximum Gasteiger partial charge on any atom is 0.253 e. The van der Waals surface area contributed by atoms with E-state index in [2.05, 4.69) is 9.97 Å². The van der Waals surface area contributed by atoms with Crippen LogP contribution >= 0.6 is 11.8 Å². The molecule has 6 heteroatoms. The van der Waals surface area contributed by atoms with E-state index >= 15 is 0 Å². The first kappa shape index (κ1) is 12.7. The first-order chi connectivity index (χ1) is 8.56. The average molecular weight is 262 g/mol. The summed E-state index contributed by atoms with van der Waals surface area (Å²) in [6.07, 6.45) is 0. The fourth-order valence-electron chi connectivity index (χ4n) is 1.56. The van der Waals surface area contributed by atoms with Gasteiger partial charge in [-0.1, -0.05) is 30.0 Å². The number of nitrogens with one attached hydrogen (secondary N) is 1. The summed E-state index contributed by atoms with van der Waals surface area (Å²) in [4.78, 5) is 19.0. The molecular weight excluding hydrogens is 248 g/mol. The molecule has 0 saturated heterocycles.